The lowest BCUT2D eigenvalue weighted by molar-refractivity contribution is 0.881. The summed E-state index contributed by atoms with van der Waals surface area (Å²) in [6.45, 7) is 2.13. The summed E-state index contributed by atoms with van der Waals surface area (Å²) in [7, 11) is 0. The van der Waals surface area contributed by atoms with Crippen molar-refractivity contribution in [3.63, 3.8) is 0 Å². The average molecular weight is 267 g/mol. The van der Waals surface area contributed by atoms with E-state index in [9.17, 15) is 0 Å². The molecule has 0 amide bonds. The molecule has 1 aromatic heterocycles. The van der Waals surface area contributed by atoms with Crippen LogP contribution in [-0.4, -0.2) is 25.5 Å². The Morgan fingerprint density at radius 2 is 2.33 bits per heavy atom. The molecule has 0 spiro atoms. The molecule has 0 aliphatic carbocycles. The van der Waals surface area contributed by atoms with Crippen LogP contribution in [-0.2, 0) is 6.42 Å². The molecule has 1 unspecified atom stereocenters. The van der Waals surface area contributed by atoms with Crippen LogP contribution in [0.25, 0.3) is 11.4 Å². The molecule has 5 heteroatoms. The van der Waals surface area contributed by atoms with Crippen LogP contribution in [0, 0.1) is 0 Å². The van der Waals surface area contributed by atoms with Gasteiger partial charge in [-0.15, -0.1) is 10.2 Å². The number of hydrogen-bond acceptors (Lipinski definition) is 3. The lowest BCUT2D eigenvalue weighted by Crippen LogP contribution is -1.96. The van der Waals surface area contributed by atoms with Crippen LogP contribution in [0.4, 0.5) is 0 Å². The third-order valence-corrected chi connectivity index (χ3v) is 2.37. The highest BCUT2D eigenvalue weighted by Gasteiger charge is 2.04. The van der Waals surface area contributed by atoms with Gasteiger partial charge in [-0.3, -0.25) is 0 Å². The van der Waals surface area contributed by atoms with Crippen molar-refractivity contribution in [2.45, 2.75) is 18.2 Å². The number of nitrogens with one attached hydrogen (secondary N) is 1. The Hall–Kier alpha value is -1.23. The molecule has 0 aliphatic heterocycles. The first kappa shape index (κ1) is 10.3. The molecular weight excluding hydrogens is 256 g/mol. The Bertz CT molecular complexity index is 425. The van der Waals surface area contributed by atoms with E-state index in [1.54, 1.807) is 0 Å². The van der Waals surface area contributed by atoms with Crippen LogP contribution in [0.1, 0.15) is 12.5 Å². The summed E-state index contributed by atoms with van der Waals surface area (Å²) in [5, 5.41) is 13.9. The zero-order valence-corrected chi connectivity index (χ0v) is 9.90. The Labute approximate surface area is 96.2 Å². The largest absolute Gasteiger partial charge is 0.204 e. The molecule has 1 aromatic carbocycles. The van der Waals surface area contributed by atoms with Crippen molar-refractivity contribution in [1.82, 2.24) is 20.6 Å². The molecule has 0 fully saturated rings. The Kier molecular flexibility index (Phi) is 3.11. The van der Waals surface area contributed by atoms with Gasteiger partial charge in [-0.05, 0) is 23.3 Å². The first-order chi connectivity index (χ1) is 7.25. The number of rotatable bonds is 3. The molecule has 0 aliphatic rings. The van der Waals surface area contributed by atoms with Crippen LogP contribution in [0.15, 0.2) is 24.3 Å². The summed E-state index contributed by atoms with van der Waals surface area (Å²) < 4.78 is 0. The summed E-state index contributed by atoms with van der Waals surface area (Å²) in [6, 6.07) is 8.17. The number of benzene rings is 1. The first-order valence-corrected chi connectivity index (χ1v) is 5.64. The molecule has 0 radical (unpaired) electrons. The number of alkyl halides is 1. The molecule has 2 rings (SSSR count). The molecule has 1 N–H and O–H groups in total. The number of aromatic nitrogens is 4. The fraction of sp³-hybridized carbons (Fsp3) is 0.300. The van der Waals surface area contributed by atoms with E-state index in [0.29, 0.717) is 10.7 Å². The van der Waals surface area contributed by atoms with Gasteiger partial charge in [-0.25, -0.2) is 0 Å². The molecule has 78 valence electrons. The SMILES string of the molecule is CC(Br)Cc1cccc(-c2nn[nH]n2)c1. The third-order valence-electron chi connectivity index (χ3n) is 2.05. The maximum absolute atomic E-state index is 3.95. The predicted molar refractivity (Wildman–Crippen MR) is 61.7 cm³/mol. The van der Waals surface area contributed by atoms with Crippen molar-refractivity contribution >= 4 is 15.9 Å². The monoisotopic (exact) mass is 266 g/mol. The van der Waals surface area contributed by atoms with E-state index in [4.69, 9.17) is 0 Å². The maximum atomic E-state index is 3.95. The third kappa shape index (κ3) is 2.62. The van der Waals surface area contributed by atoms with E-state index in [-0.39, 0.29) is 0 Å². The van der Waals surface area contributed by atoms with Gasteiger partial charge in [0.25, 0.3) is 0 Å². The molecule has 0 bridgehead atoms. The number of H-pyrrole nitrogens is 1. The second-order valence-corrected chi connectivity index (χ2v) is 4.98. The van der Waals surface area contributed by atoms with Crippen molar-refractivity contribution in [1.29, 1.82) is 0 Å². The summed E-state index contributed by atoms with van der Waals surface area (Å²) >= 11 is 3.53. The Morgan fingerprint density at radius 3 is 3.00 bits per heavy atom. The van der Waals surface area contributed by atoms with Gasteiger partial charge in [0.1, 0.15) is 0 Å². The zero-order valence-electron chi connectivity index (χ0n) is 8.31. The fourth-order valence-corrected chi connectivity index (χ4v) is 1.82. The number of aromatic amines is 1. The summed E-state index contributed by atoms with van der Waals surface area (Å²) in [5.74, 6) is 0.638. The van der Waals surface area contributed by atoms with Gasteiger partial charge in [0.15, 0.2) is 0 Å². The first-order valence-electron chi connectivity index (χ1n) is 4.72. The van der Waals surface area contributed by atoms with E-state index < -0.39 is 0 Å². The molecule has 1 heterocycles. The second kappa shape index (κ2) is 4.53. The van der Waals surface area contributed by atoms with Crippen LogP contribution in [0.5, 0.6) is 0 Å². The van der Waals surface area contributed by atoms with Crippen LogP contribution >= 0.6 is 15.9 Å². The van der Waals surface area contributed by atoms with Gasteiger partial charge in [0.05, 0.1) is 0 Å². The zero-order chi connectivity index (χ0) is 10.7. The number of tetrazole rings is 1. The van der Waals surface area contributed by atoms with E-state index in [2.05, 4.69) is 55.6 Å². The molecule has 15 heavy (non-hydrogen) atoms. The second-order valence-electron chi connectivity index (χ2n) is 3.42. The van der Waals surface area contributed by atoms with Gasteiger partial charge in [-0.2, -0.15) is 5.21 Å². The number of nitrogens with zero attached hydrogens (tertiary/aromatic N) is 3. The number of hydrogen-bond donors (Lipinski definition) is 1. The minimum atomic E-state index is 0.470. The van der Waals surface area contributed by atoms with E-state index in [1.807, 2.05) is 12.1 Å². The topological polar surface area (TPSA) is 54.5 Å². The smallest absolute Gasteiger partial charge is 0.177 e. The molecule has 1 atom stereocenters. The quantitative estimate of drug-likeness (QED) is 0.867. The number of halogens is 1. The lowest BCUT2D eigenvalue weighted by atomic mass is 10.1. The molecule has 0 saturated carbocycles. The van der Waals surface area contributed by atoms with Crippen LogP contribution in [0.2, 0.25) is 0 Å². The van der Waals surface area contributed by atoms with Gasteiger partial charge in [0, 0.05) is 10.4 Å². The summed E-state index contributed by atoms with van der Waals surface area (Å²) in [5.41, 5.74) is 2.26. The van der Waals surface area contributed by atoms with Gasteiger partial charge >= 0.3 is 0 Å². The standard InChI is InChI=1S/C10H11BrN4/c1-7(11)5-8-3-2-4-9(6-8)10-12-14-15-13-10/h2-4,6-7H,5H2,1H3,(H,12,13,14,15). The molecular formula is C10H11BrN4. The normalized spacial score (nSPS) is 12.7. The van der Waals surface area contributed by atoms with Crippen LogP contribution in [0.3, 0.4) is 0 Å². The van der Waals surface area contributed by atoms with E-state index in [1.165, 1.54) is 5.56 Å². The molecule has 2 aromatic rings. The lowest BCUT2D eigenvalue weighted by Gasteiger charge is -2.04. The van der Waals surface area contributed by atoms with E-state index >= 15 is 0 Å². The highest BCUT2D eigenvalue weighted by atomic mass is 79.9. The Balaban J connectivity index is 2.27. The maximum Gasteiger partial charge on any atom is 0.204 e. The van der Waals surface area contributed by atoms with Gasteiger partial charge in [-0.1, -0.05) is 41.1 Å². The van der Waals surface area contributed by atoms with Crippen molar-refractivity contribution in [3.8, 4) is 11.4 Å². The van der Waals surface area contributed by atoms with E-state index in [0.717, 1.165) is 12.0 Å². The average Bonchev–Trinajstić information content (AvgIpc) is 2.69. The van der Waals surface area contributed by atoms with Crippen LogP contribution < -0.4 is 0 Å². The van der Waals surface area contributed by atoms with Gasteiger partial charge in [0.2, 0.25) is 5.82 Å². The summed E-state index contributed by atoms with van der Waals surface area (Å²) in [6.07, 6.45) is 0.992. The van der Waals surface area contributed by atoms with Crippen molar-refractivity contribution in [2.24, 2.45) is 0 Å². The Morgan fingerprint density at radius 1 is 1.47 bits per heavy atom. The van der Waals surface area contributed by atoms with Crippen molar-refractivity contribution in [2.75, 3.05) is 0 Å². The fourth-order valence-electron chi connectivity index (χ4n) is 1.45. The molecule has 0 saturated heterocycles. The van der Waals surface area contributed by atoms with Gasteiger partial charge < -0.3 is 0 Å². The molecule has 4 nitrogen and oxygen atoms in total. The predicted octanol–water partition coefficient (Wildman–Crippen LogP) is 2.19. The highest BCUT2D eigenvalue weighted by molar-refractivity contribution is 9.09. The summed E-state index contributed by atoms with van der Waals surface area (Å²) in [4.78, 5) is 0.470. The highest BCUT2D eigenvalue weighted by Crippen LogP contribution is 2.17. The van der Waals surface area contributed by atoms with Crippen molar-refractivity contribution in [3.05, 3.63) is 29.8 Å². The van der Waals surface area contributed by atoms with Crippen molar-refractivity contribution < 1.29 is 0 Å². The minimum absolute atomic E-state index is 0.470. The minimum Gasteiger partial charge on any atom is -0.177 e.